The van der Waals surface area contributed by atoms with E-state index in [0.717, 1.165) is 0 Å². The Morgan fingerprint density at radius 3 is 1.82 bits per heavy atom. The van der Waals surface area contributed by atoms with Gasteiger partial charge in [-0.3, -0.25) is 0 Å². The maximum atomic E-state index is 11.8. The summed E-state index contributed by atoms with van der Waals surface area (Å²) in [5, 5.41) is 0. The van der Waals surface area contributed by atoms with Crippen LogP contribution in [0.25, 0.3) is 0 Å². The summed E-state index contributed by atoms with van der Waals surface area (Å²) in [7, 11) is -5.47. The van der Waals surface area contributed by atoms with Crippen LogP contribution in [-0.4, -0.2) is 24.7 Å². The highest BCUT2D eigenvalue weighted by Gasteiger charge is 2.34. The SMILES string of the molecule is O=S(=O)([O-])C(F)CC(F)(F)F. The summed E-state index contributed by atoms with van der Waals surface area (Å²) in [6.45, 7) is 0. The molecule has 0 bridgehead atoms. The van der Waals surface area contributed by atoms with Crippen molar-refractivity contribution in [1.82, 2.24) is 0 Å². The molecular weight excluding hydrogens is 192 g/mol. The largest absolute Gasteiger partial charge is 0.746 e. The lowest BCUT2D eigenvalue weighted by atomic mass is 10.5. The van der Waals surface area contributed by atoms with E-state index in [9.17, 15) is 30.5 Å². The molecule has 0 aromatic carbocycles. The molecule has 0 aromatic heterocycles. The molecule has 0 saturated carbocycles. The predicted molar refractivity (Wildman–Crippen MR) is 25.3 cm³/mol. The maximum absolute atomic E-state index is 11.8. The maximum Gasteiger partial charge on any atom is 0.392 e. The Balaban J connectivity index is 4.22. The summed E-state index contributed by atoms with van der Waals surface area (Å²) >= 11 is 0. The zero-order chi connectivity index (χ0) is 9.28. The van der Waals surface area contributed by atoms with Crippen LogP contribution in [0.5, 0.6) is 0 Å². The van der Waals surface area contributed by atoms with Gasteiger partial charge in [-0.25, -0.2) is 12.8 Å². The Bertz CT molecular complexity index is 217. The standard InChI is InChI=1S/C3H4F4O3S/c4-2(11(8,9)10)1-3(5,6)7/h2H,1H2,(H,8,9,10)/p-1. The van der Waals surface area contributed by atoms with Gasteiger partial charge in [0, 0.05) is 0 Å². The molecule has 11 heavy (non-hydrogen) atoms. The molecule has 1 unspecified atom stereocenters. The van der Waals surface area contributed by atoms with Crippen LogP contribution in [0, 0.1) is 0 Å². The molecule has 0 N–H and O–H groups in total. The molecule has 0 aliphatic rings. The summed E-state index contributed by atoms with van der Waals surface area (Å²) in [6, 6.07) is 0. The lowest BCUT2D eigenvalue weighted by Crippen LogP contribution is -2.23. The Hall–Kier alpha value is -0.370. The zero-order valence-electron chi connectivity index (χ0n) is 4.93. The number of halogens is 4. The molecule has 0 radical (unpaired) electrons. The van der Waals surface area contributed by atoms with Gasteiger partial charge in [0.05, 0.1) is 6.42 Å². The van der Waals surface area contributed by atoms with Gasteiger partial charge in [-0.1, -0.05) is 0 Å². The Morgan fingerprint density at radius 2 is 1.73 bits per heavy atom. The number of hydrogen-bond acceptors (Lipinski definition) is 3. The highest BCUT2D eigenvalue weighted by Crippen LogP contribution is 2.24. The molecular formula is C3H3F4O3S-. The van der Waals surface area contributed by atoms with E-state index in [2.05, 4.69) is 0 Å². The highest BCUT2D eigenvalue weighted by molar-refractivity contribution is 7.86. The van der Waals surface area contributed by atoms with Crippen molar-refractivity contribution in [3.8, 4) is 0 Å². The van der Waals surface area contributed by atoms with E-state index in [1.54, 1.807) is 0 Å². The average Bonchev–Trinajstić information content (AvgIpc) is 1.56. The molecule has 0 aliphatic heterocycles. The van der Waals surface area contributed by atoms with E-state index in [-0.39, 0.29) is 0 Å². The number of rotatable bonds is 2. The van der Waals surface area contributed by atoms with Gasteiger partial charge in [0.2, 0.25) is 0 Å². The van der Waals surface area contributed by atoms with Gasteiger partial charge < -0.3 is 4.55 Å². The van der Waals surface area contributed by atoms with E-state index in [0.29, 0.717) is 0 Å². The summed E-state index contributed by atoms with van der Waals surface area (Å²) in [6.07, 6.45) is -7.23. The van der Waals surface area contributed by atoms with E-state index in [4.69, 9.17) is 0 Å². The van der Waals surface area contributed by atoms with Gasteiger partial charge in [-0.2, -0.15) is 13.2 Å². The van der Waals surface area contributed by atoms with Gasteiger partial charge in [-0.05, 0) is 0 Å². The monoisotopic (exact) mass is 195 g/mol. The summed E-state index contributed by atoms with van der Waals surface area (Å²) in [5.41, 5.74) is -3.40. The van der Waals surface area contributed by atoms with E-state index in [1.807, 2.05) is 0 Å². The van der Waals surface area contributed by atoms with Crippen LogP contribution in [0.1, 0.15) is 6.42 Å². The van der Waals surface area contributed by atoms with Crippen molar-refractivity contribution in [3.63, 3.8) is 0 Å². The Labute approximate surface area is 59.8 Å². The Kier molecular flexibility index (Phi) is 2.84. The van der Waals surface area contributed by atoms with E-state index < -0.39 is 28.2 Å². The molecule has 0 aliphatic carbocycles. The first-order chi connectivity index (χ1) is 4.63. The van der Waals surface area contributed by atoms with Crippen LogP contribution in [0.4, 0.5) is 17.6 Å². The highest BCUT2D eigenvalue weighted by atomic mass is 32.2. The number of alkyl halides is 4. The molecule has 0 amide bonds. The van der Waals surface area contributed by atoms with Crippen LogP contribution < -0.4 is 0 Å². The van der Waals surface area contributed by atoms with Crippen LogP contribution >= 0.6 is 0 Å². The summed E-state index contributed by atoms with van der Waals surface area (Å²) in [5.74, 6) is 0. The average molecular weight is 195 g/mol. The molecule has 68 valence electrons. The third-order valence-electron chi connectivity index (χ3n) is 0.705. The molecule has 8 heteroatoms. The number of hydrogen-bond donors (Lipinski definition) is 0. The summed E-state index contributed by atoms with van der Waals surface area (Å²) < 4.78 is 74.1. The lowest BCUT2D eigenvalue weighted by Gasteiger charge is -2.13. The Morgan fingerprint density at radius 1 is 1.36 bits per heavy atom. The van der Waals surface area contributed by atoms with Gasteiger partial charge >= 0.3 is 6.18 Å². The van der Waals surface area contributed by atoms with Crippen molar-refractivity contribution in [1.29, 1.82) is 0 Å². The second kappa shape index (κ2) is 2.94. The van der Waals surface area contributed by atoms with Crippen molar-refractivity contribution >= 4 is 10.1 Å². The van der Waals surface area contributed by atoms with Gasteiger partial charge in [0.25, 0.3) is 0 Å². The fourth-order valence-electron chi connectivity index (χ4n) is 0.284. The van der Waals surface area contributed by atoms with Crippen LogP contribution in [0.15, 0.2) is 0 Å². The molecule has 0 spiro atoms. The van der Waals surface area contributed by atoms with Crippen molar-refractivity contribution in [2.45, 2.75) is 18.1 Å². The minimum absolute atomic E-state index is 2.25. The smallest absolute Gasteiger partial charge is 0.392 e. The third kappa shape index (κ3) is 4.96. The molecule has 1 atom stereocenters. The van der Waals surface area contributed by atoms with Crippen molar-refractivity contribution in [3.05, 3.63) is 0 Å². The lowest BCUT2D eigenvalue weighted by molar-refractivity contribution is -0.140. The van der Waals surface area contributed by atoms with Crippen LogP contribution in [0.2, 0.25) is 0 Å². The quantitative estimate of drug-likeness (QED) is 0.483. The van der Waals surface area contributed by atoms with E-state index >= 15 is 0 Å². The van der Waals surface area contributed by atoms with Crippen molar-refractivity contribution in [2.24, 2.45) is 0 Å². The summed E-state index contributed by atoms with van der Waals surface area (Å²) in [4.78, 5) is 0. The third-order valence-corrected chi connectivity index (χ3v) is 1.50. The van der Waals surface area contributed by atoms with Crippen molar-refractivity contribution in [2.75, 3.05) is 0 Å². The van der Waals surface area contributed by atoms with Gasteiger partial charge in [0.1, 0.15) is 10.1 Å². The fourth-order valence-corrected chi connectivity index (χ4v) is 0.677. The van der Waals surface area contributed by atoms with E-state index in [1.165, 1.54) is 0 Å². The van der Waals surface area contributed by atoms with Gasteiger partial charge in [-0.15, -0.1) is 0 Å². The van der Waals surface area contributed by atoms with Gasteiger partial charge in [0.15, 0.2) is 5.50 Å². The van der Waals surface area contributed by atoms with Crippen molar-refractivity contribution < 1.29 is 30.5 Å². The molecule has 0 fully saturated rings. The topological polar surface area (TPSA) is 57.2 Å². The second-order valence-corrected chi connectivity index (χ2v) is 3.22. The molecule has 0 aromatic rings. The van der Waals surface area contributed by atoms with Crippen LogP contribution in [0.3, 0.4) is 0 Å². The first kappa shape index (κ1) is 10.6. The first-order valence-corrected chi connectivity index (χ1v) is 3.75. The fraction of sp³-hybridized carbons (Fsp3) is 1.00. The second-order valence-electron chi connectivity index (χ2n) is 1.72. The normalized spacial score (nSPS) is 16.5. The zero-order valence-corrected chi connectivity index (χ0v) is 5.75. The first-order valence-electron chi connectivity index (χ1n) is 2.28. The molecule has 3 nitrogen and oxygen atoms in total. The predicted octanol–water partition coefficient (Wildman–Crippen LogP) is 0.780. The molecule has 0 rings (SSSR count). The molecule has 0 heterocycles. The van der Waals surface area contributed by atoms with Crippen LogP contribution in [-0.2, 0) is 10.1 Å². The minimum Gasteiger partial charge on any atom is -0.746 e. The molecule has 0 saturated heterocycles. The minimum atomic E-state index is -5.47.